The Hall–Kier alpha value is -1.97. The number of amides is 2. The lowest BCUT2D eigenvalue weighted by molar-refractivity contribution is 0.0137. The number of benzene rings is 2. The Morgan fingerprint density at radius 1 is 0.756 bits per heavy atom. The number of carbonyl (C=O) groups is 3. The molecule has 0 aromatic heterocycles. The predicted molar refractivity (Wildman–Crippen MR) is 197 cm³/mol. The zero-order valence-electron chi connectivity index (χ0n) is 28.0. The zero-order valence-corrected chi connectivity index (χ0v) is 32.4. The van der Waals surface area contributed by atoms with Crippen molar-refractivity contribution in [3.8, 4) is 0 Å². The molecule has 0 unspecified atom stereocenters. The molecule has 2 aromatic carbocycles. The molecule has 9 nitrogen and oxygen atoms in total. The van der Waals surface area contributed by atoms with Crippen molar-refractivity contribution >= 4 is 63.7 Å². The fourth-order valence-electron chi connectivity index (χ4n) is 4.34. The first kappa shape index (κ1) is 39.2. The molecule has 1 N–H and O–H groups in total. The van der Waals surface area contributed by atoms with Crippen LogP contribution in [-0.4, -0.2) is 96.7 Å². The van der Waals surface area contributed by atoms with Gasteiger partial charge >= 0.3 is 12.2 Å². The molecule has 4 rings (SSSR count). The molecular formula is C34H50I2N4O5. The second-order valence-electron chi connectivity index (χ2n) is 13.2. The van der Waals surface area contributed by atoms with Crippen LogP contribution in [0.15, 0.2) is 36.4 Å². The van der Waals surface area contributed by atoms with Gasteiger partial charge in [0.25, 0.3) is 0 Å². The number of piperazine rings is 2. The lowest BCUT2D eigenvalue weighted by Crippen LogP contribution is -2.49. The van der Waals surface area contributed by atoms with Gasteiger partial charge in [0.15, 0.2) is 6.29 Å². The van der Waals surface area contributed by atoms with E-state index in [1.807, 2.05) is 71.6 Å². The van der Waals surface area contributed by atoms with Crippen molar-refractivity contribution in [1.29, 1.82) is 0 Å². The van der Waals surface area contributed by atoms with Crippen molar-refractivity contribution in [3.63, 3.8) is 0 Å². The zero-order chi connectivity index (χ0) is 33.8. The third-order valence-electron chi connectivity index (χ3n) is 6.68. The average Bonchev–Trinajstić information content (AvgIpc) is 2.94. The first-order valence-electron chi connectivity index (χ1n) is 15.3. The maximum Gasteiger partial charge on any atom is 0.410 e. The van der Waals surface area contributed by atoms with Gasteiger partial charge in [-0.1, -0.05) is 35.4 Å². The molecule has 2 aliphatic heterocycles. The number of nitrogens with one attached hydrogen (secondary N) is 1. The fraction of sp³-hybridized carbons (Fsp3) is 0.559. The summed E-state index contributed by atoms with van der Waals surface area (Å²) in [7, 11) is 0. The van der Waals surface area contributed by atoms with Gasteiger partial charge in [-0.05, 0) is 118 Å². The van der Waals surface area contributed by atoms with Crippen LogP contribution in [-0.2, 0) is 16.0 Å². The summed E-state index contributed by atoms with van der Waals surface area (Å²) in [5.74, 6) is 0. The molecule has 0 saturated carbocycles. The lowest BCUT2D eigenvalue weighted by Gasteiger charge is -2.35. The van der Waals surface area contributed by atoms with E-state index in [4.69, 9.17) is 9.47 Å². The first-order valence-corrected chi connectivity index (χ1v) is 17.5. The molecular weight excluding hydrogens is 798 g/mol. The van der Waals surface area contributed by atoms with Crippen LogP contribution in [0.4, 0.5) is 9.59 Å². The largest absolute Gasteiger partial charge is 0.444 e. The minimum Gasteiger partial charge on any atom is -0.444 e. The van der Waals surface area contributed by atoms with E-state index in [1.54, 1.807) is 4.90 Å². The SMILES string of the molecule is CC(C)(C)OC(=O)N1CCNCC1.Cc1ccc(C=O)c(I)c1.Cc1ccc(CN2CCN(C(=O)OC(C)(C)C)CC2)c(I)c1. The van der Waals surface area contributed by atoms with Crippen LogP contribution in [0.3, 0.4) is 0 Å². The Bertz CT molecular complexity index is 1260. The normalized spacial score (nSPS) is 15.6. The van der Waals surface area contributed by atoms with Gasteiger partial charge in [0.05, 0.1) is 0 Å². The molecule has 2 aromatic rings. The van der Waals surface area contributed by atoms with E-state index in [0.717, 1.165) is 74.3 Å². The molecule has 0 bridgehead atoms. The molecule has 2 amide bonds. The van der Waals surface area contributed by atoms with Crippen LogP contribution in [0, 0.1) is 21.0 Å². The Morgan fingerprint density at radius 2 is 1.22 bits per heavy atom. The summed E-state index contributed by atoms with van der Waals surface area (Å²) in [6.45, 7) is 22.9. The number of ether oxygens (including phenoxy) is 2. The number of nitrogens with zero attached hydrogens (tertiary/aromatic N) is 3. The van der Waals surface area contributed by atoms with E-state index in [9.17, 15) is 14.4 Å². The van der Waals surface area contributed by atoms with E-state index in [-0.39, 0.29) is 17.8 Å². The number of aryl methyl sites for hydroxylation is 2. The van der Waals surface area contributed by atoms with Gasteiger partial charge in [0.2, 0.25) is 0 Å². The lowest BCUT2D eigenvalue weighted by atomic mass is 10.1. The minimum atomic E-state index is -0.424. The molecule has 45 heavy (non-hydrogen) atoms. The second kappa shape index (κ2) is 18.4. The average molecular weight is 849 g/mol. The van der Waals surface area contributed by atoms with E-state index in [0.29, 0.717) is 0 Å². The van der Waals surface area contributed by atoms with Crippen LogP contribution in [0.2, 0.25) is 0 Å². The van der Waals surface area contributed by atoms with Crippen molar-refractivity contribution in [2.75, 3.05) is 52.4 Å². The highest BCUT2D eigenvalue weighted by atomic mass is 127. The van der Waals surface area contributed by atoms with Crippen LogP contribution in [0.1, 0.15) is 68.6 Å². The van der Waals surface area contributed by atoms with Crippen molar-refractivity contribution in [1.82, 2.24) is 20.0 Å². The number of rotatable bonds is 3. The third-order valence-corrected chi connectivity index (χ3v) is 8.62. The van der Waals surface area contributed by atoms with E-state index in [1.165, 1.54) is 20.3 Å². The topological polar surface area (TPSA) is 91.4 Å². The van der Waals surface area contributed by atoms with Gasteiger partial charge in [-0.15, -0.1) is 0 Å². The third kappa shape index (κ3) is 15.4. The van der Waals surface area contributed by atoms with Crippen LogP contribution >= 0.6 is 45.2 Å². The number of hydrogen-bond acceptors (Lipinski definition) is 7. The van der Waals surface area contributed by atoms with Crippen molar-refractivity contribution in [2.45, 2.75) is 73.1 Å². The summed E-state index contributed by atoms with van der Waals surface area (Å²) in [5, 5.41) is 3.18. The molecule has 0 radical (unpaired) electrons. The summed E-state index contributed by atoms with van der Waals surface area (Å²) in [6.07, 6.45) is 0.479. The molecule has 0 aliphatic carbocycles. The van der Waals surface area contributed by atoms with Gasteiger partial charge in [-0.25, -0.2) is 9.59 Å². The summed E-state index contributed by atoms with van der Waals surface area (Å²) in [5.41, 5.74) is 3.80. The van der Waals surface area contributed by atoms with E-state index >= 15 is 0 Å². The summed E-state index contributed by atoms with van der Waals surface area (Å²) >= 11 is 4.56. The number of hydrogen-bond donors (Lipinski definition) is 1. The predicted octanol–water partition coefficient (Wildman–Crippen LogP) is 6.89. The maximum absolute atomic E-state index is 12.1. The fourth-order valence-corrected chi connectivity index (χ4v) is 5.98. The van der Waals surface area contributed by atoms with Crippen LogP contribution in [0.25, 0.3) is 0 Å². The monoisotopic (exact) mass is 848 g/mol. The summed E-state index contributed by atoms with van der Waals surface area (Å²) in [6, 6.07) is 12.3. The number of carbonyl (C=O) groups excluding carboxylic acids is 3. The van der Waals surface area contributed by atoms with Crippen molar-refractivity contribution in [2.24, 2.45) is 0 Å². The second-order valence-corrected chi connectivity index (χ2v) is 15.5. The highest BCUT2D eigenvalue weighted by Crippen LogP contribution is 2.18. The van der Waals surface area contributed by atoms with Crippen LogP contribution in [0.5, 0.6) is 0 Å². The first-order chi connectivity index (χ1) is 21.0. The quantitative estimate of drug-likeness (QED) is 0.266. The molecule has 2 saturated heterocycles. The molecule has 2 heterocycles. The summed E-state index contributed by atoms with van der Waals surface area (Å²) in [4.78, 5) is 39.8. The van der Waals surface area contributed by atoms with Gasteiger partial charge in [0, 0.05) is 71.6 Å². The Labute approximate surface area is 297 Å². The maximum atomic E-state index is 12.1. The Kier molecular flexibility index (Phi) is 16.0. The molecule has 2 aliphatic rings. The standard InChI is InChI=1S/C17H25IN2O2.C9H18N2O2.C8H7IO/c1-13-5-6-14(15(18)11-13)12-19-7-9-20(10-8-19)16(21)22-17(2,3)4;1-9(2,3)13-8(12)11-6-4-10-5-7-11;1-6-2-3-7(5-10)8(9)4-6/h5-6,11H,7-10,12H2,1-4H3;10H,4-7H2,1-3H3;2-5H,1H3. The molecule has 250 valence electrons. The highest BCUT2D eigenvalue weighted by molar-refractivity contribution is 14.1. The smallest absolute Gasteiger partial charge is 0.410 e. The Morgan fingerprint density at radius 3 is 1.67 bits per heavy atom. The van der Waals surface area contributed by atoms with Crippen molar-refractivity contribution in [3.05, 3.63) is 65.8 Å². The van der Waals surface area contributed by atoms with E-state index in [2.05, 4.69) is 80.5 Å². The molecule has 2 fully saturated rings. The van der Waals surface area contributed by atoms with Gasteiger partial charge in [-0.3, -0.25) is 9.69 Å². The van der Waals surface area contributed by atoms with Crippen LogP contribution < -0.4 is 5.32 Å². The molecule has 0 atom stereocenters. The summed E-state index contributed by atoms with van der Waals surface area (Å²) < 4.78 is 13.0. The van der Waals surface area contributed by atoms with Gasteiger partial charge < -0.3 is 24.6 Å². The Balaban J connectivity index is 0.000000259. The molecule has 0 spiro atoms. The number of aldehydes is 1. The number of halogens is 2. The van der Waals surface area contributed by atoms with E-state index < -0.39 is 5.60 Å². The minimum absolute atomic E-state index is 0.197. The van der Waals surface area contributed by atoms with Gasteiger partial charge in [0.1, 0.15) is 11.2 Å². The van der Waals surface area contributed by atoms with Gasteiger partial charge in [-0.2, -0.15) is 0 Å². The highest BCUT2D eigenvalue weighted by Gasteiger charge is 2.26. The van der Waals surface area contributed by atoms with Crippen molar-refractivity contribution < 1.29 is 23.9 Å². The molecule has 11 heteroatoms.